The zero-order chi connectivity index (χ0) is 15.1. The molecule has 1 amide bonds. The van der Waals surface area contributed by atoms with Gasteiger partial charge >= 0.3 is 0 Å². The van der Waals surface area contributed by atoms with E-state index < -0.39 is 0 Å². The second kappa shape index (κ2) is 8.05. The first-order chi connectivity index (χ1) is 9.43. The Morgan fingerprint density at radius 3 is 2.00 bits per heavy atom. The topological polar surface area (TPSA) is 55.1 Å². The lowest BCUT2D eigenvalue weighted by Crippen LogP contribution is -2.34. The van der Waals surface area contributed by atoms with E-state index in [9.17, 15) is 4.79 Å². The summed E-state index contributed by atoms with van der Waals surface area (Å²) in [5.74, 6) is 1.79. The van der Waals surface area contributed by atoms with Crippen LogP contribution in [0.15, 0.2) is 24.3 Å². The van der Waals surface area contributed by atoms with E-state index in [0.29, 0.717) is 30.7 Å². The fourth-order valence-corrected chi connectivity index (χ4v) is 2.51. The van der Waals surface area contributed by atoms with Crippen molar-refractivity contribution >= 4 is 5.91 Å². The van der Waals surface area contributed by atoms with Gasteiger partial charge in [-0.15, -0.1) is 0 Å². The van der Waals surface area contributed by atoms with Gasteiger partial charge in [0, 0.05) is 13.1 Å². The van der Waals surface area contributed by atoms with Crippen LogP contribution in [0.2, 0.25) is 0 Å². The Kier molecular flexibility index (Phi) is 6.73. The molecule has 0 saturated heterocycles. The monoisotopic (exact) mass is 276 g/mol. The molecule has 20 heavy (non-hydrogen) atoms. The third-order valence-electron chi connectivity index (χ3n) is 3.87. The molecule has 0 saturated carbocycles. The van der Waals surface area contributed by atoms with Gasteiger partial charge in [-0.1, -0.05) is 52.0 Å². The molecule has 0 radical (unpaired) electrons. The number of amides is 1. The third kappa shape index (κ3) is 5.33. The average molecular weight is 276 g/mol. The van der Waals surface area contributed by atoms with Gasteiger partial charge in [-0.3, -0.25) is 4.79 Å². The Morgan fingerprint density at radius 1 is 1.05 bits per heavy atom. The van der Waals surface area contributed by atoms with Crippen LogP contribution in [0, 0.1) is 17.8 Å². The number of carbonyl (C=O) groups is 1. The van der Waals surface area contributed by atoms with Crippen LogP contribution >= 0.6 is 0 Å². The van der Waals surface area contributed by atoms with E-state index in [1.807, 2.05) is 24.3 Å². The van der Waals surface area contributed by atoms with Crippen LogP contribution in [0.5, 0.6) is 0 Å². The molecular weight excluding hydrogens is 248 g/mol. The van der Waals surface area contributed by atoms with Crippen molar-refractivity contribution in [1.29, 1.82) is 0 Å². The maximum Gasteiger partial charge on any atom is 0.224 e. The number of nitrogens with one attached hydrogen (secondary N) is 1. The van der Waals surface area contributed by atoms with E-state index >= 15 is 0 Å². The predicted molar refractivity (Wildman–Crippen MR) is 84.2 cm³/mol. The smallest absolute Gasteiger partial charge is 0.224 e. The molecule has 0 fully saturated rings. The van der Waals surface area contributed by atoms with Gasteiger partial charge in [0.25, 0.3) is 0 Å². The quantitative estimate of drug-likeness (QED) is 0.804. The second-order valence-corrected chi connectivity index (χ2v) is 6.15. The molecule has 0 aliphatic heterocycles. The summed E-state index contributed by atoms with van der Waals surface area (Å²) in [6.45, 7) is 10.1. The Hall–Kier alpha value is -1.35. The summed E-state index contributed by atoms with van der Waals surface area (Å²) < 4.78 is 0. The summed E-state index contributed by atoms with van der Waals surface area (Å²) in [5, 5.41) is 3.06. The highest BCUT2D eigenvalue weighted by Gasteiger charge is 2.18. The van der Waals surface area contributed by atoms with Gasteiger partial charge in [0.1, 0.15) is 0 Å². The first-order valence-corrected chi connectivity index (χ1v) is 7.48. The summed E-state index contributed by atoms with van der Waals surface area (Å²) in [6.07, 6.45) is 0.438. The van der Waals surface area contributed by atoms with Crippen LogP contribution in [0.4, 0.5) is 0 Å². The number of hydrogen-bond acceptors (Lipinski definition) is 2. The van der Waals surface area contributed by atoms with Gasteiger partial charge < -0.3 is 11.1 Å². The molecule has 0 spiro atoms. The molecule has 0 unspecified atom stereocenters. The minimum atomic E-state index is 0.0943. The van der Waals surface area contributed by atoms with Gasteiger partial charge in [-0.25, -0.2) is 0 Å². The predicted octanol–water partition coefficient (Wildman–Crippen LogP) is 2.73. The summed E-state index contributed by atoms with van der Waals surface area (Å²) in [6, 6.07) is 7.91. The van der Waals surface area contributed by atoms with Gasteiger partial charge in [-0.05, 0) is 28.9 Å². The molecule has 1 rings (SSSR count). The molecular formula is C17H28N2O. The van der Waals surface area contributed by atoms with E-state index in [4.69, 9.17) is 5.73 Å². The summed E-state index contributed by atoms with van der Waals surface area (Å²) in [7, 11) is 0. The first-order valence-electron chi connectivity index (χ1n) is 7.48. The fraction of sp³-hybridized carbons (Fsp3) is 0.588. The van der Waals surface area contributed by atoms with E-state index in [1.165, 1.54) is 0 Å². The lowest BCUT2D eigenvalue weighted by molar-refractivity contribution is -0.120. The van der Waals surface area contributed by atoms with E-state index in [-0.39, 0.29) is 5.91 Å². The van der Waals surface area contributed by atoms with E-state index in [1.54, 1.807) is 0 Å². The number of nitrogens with two attached hydrogens (primary N) is 1. The normalized spacial score (nSPS) is 11.4. The van der Waals surface area contributed by atoms with E-state index in [0.717, 1.165) is 17.7 Å². The molecule has 3 N–H and O–H groups in total. The third-order valence-corrected chi connectivity index (χ3v) is 3.87. The maximum absolute atomic E-state index is 12.0. The van der Waals surface area contributed by atoms with Crippen molar-refractivity contribution in [3.63, 3.8) is 0 Å². The lowest BCUT2D eigenvalue weighted by atomic mass is 9.85. The van der Waals surface area contributed by atoms with Crippen LogP contribution in [-0.2, 0) is 17.8 Å². The van der Waals surface area contributed by atoms with Crippen LogP contribution in [0.3, 0.4) is 0 Å². The van der Waals surface area contributed by atoms with Crippen molar-refractivity contribution in [3.05, 3.63) is 35.4 Å². The van der Waals surface area contributed by atoms with Crippen LogP contribution < -0.4 is 11.1 Å². The highest BCUT2D eigenvalue weighted by atomic mass is 16.1. The zero-order valence-corrected chi connectivity index (χ0v) is 13.1. The second-order valence-electron chi connectivity index (χ2n) is 6.15. The van der Waals surface area contributed by atoms with Crippen LogP contribution in [0.25, 0.3) is 0 Å². The Labute approximate surface area is 122 Å². The average Bonchev–Trinajstić information content (AvgIpc) is 2.39. The van der Waals surface area contributed by atoms with Gasteiger partial charge in [0.15, 0.2) is 0 Å². The highest BCUT2D eigenvalue weighted by Crippen LogP contribution is 2.19. The molecule has 0 atom stereocenters. The number of rotatable bonds is 7. The Bertz CT molecular complexity index is 402. The summed E-state index contributed by atoms with van der Waals surface area (Å²) >= 11 is 0. The molecule has 3 nitrogen and oxygen atoms in total. The van der Waals surface area contributed by atoms with Crippen molar-refractivity contribution < 1.29 is 4.79 Å². The molecule has 0 aliphatic carbocycles. The van der Waals surface area contributed by atoms with Crippen LogP contribution in [0.1, 0.15) is 38.8 Å². The molecule has 0 aromatic heterocycles. The molecule has 1 aromatic carbocycles. The molecule has 1 aromatic rings. The minimum Gasteiger partial charge on any atom is -0.356 e. The van der Waals surface area contributed by atoms with E-state index in [2.05, 4.69) is 33.0 Å². The lowest BCUT2D eigenvalue weighted by Gasteiger charge is -2.25. The van der Waals surface area contributed by atoms with Crippen LogP contribution in [-0.4, -0.2) is 12.5 Å². The Morgan fingerprint density at radius 2 is 1.55 bits per heavy atom. The standard InChI is InChI=1S/C17H28N2O/c1-12(2)16(13(3)4)11-19-17(20)9-14-5-7-15(10-18)8-6-14/h5-8,12-13,16H,9-11,18H2,1-4H3,(H,19,20). The zero-order valence-electron chi connectivity index (χ0n) is 13.1. The molecule has 0 aliphatic rings. The SMILES string of the molecule is CC(C)C(CNC(=O)Cc1ccc(CN)cc1)C(C)C. The summed E-state index contributed by atoms with van der Waals surface area (Å²) in [4.78, 5) is 12.0. The largest absolute Gasteiger partial charge is 0.356 e. The van der Waals surface area contributed by atoms with Gasteiger partial charge in [-0.2, -0.15) is 0 Å². The number of benzene rings is 1. The highest BCUT2D eigenvalue weighted by molar-refractivity contribution is 5.78. The molecule has 0 heterocycles. The van der Waals surface area contributed by atoms with Crippen molar-refractivity contribution in [1.82, 2.24) is 5.32 Å². The maximum atomic E-state index is 12.0. The van der Waals surface area contributed by atoms with Crippen molar-refractivity contribution in [3.8, 4) is 0 Å². The van der Waals surface area contributed by atoms with Crippen molar-refractivity contribution in [2.24, 2.45) is 23.5 Å². The van der Waals surface area contributed by atoms with Crippen molar-refractivity contribution in [2.45, 2.75) is 40.7 Å². The summed E-state index contributed by atoms with van der Waals surface area (Å²) in [5.41, 5.74) is 7.68. The Balaban J connectivity index is 2.46. The van der Waals surface area contributed by atoms with Crippen molar-refractivity contribution in [2.75, 3.05) is 6.54 Å². The number of carbonyl (C=O) groups excluding carboxylic acids is 1. The number of hydrogen-bond donors (Lipinski definition) is 2. The van der Waals surface area contributed by atoms with Gasteiger partial charge in [0.05, 0.1) is 6.42 Å². The molecule has 112 valence electrons. The first kappa shape index (κ1) is 16.7. The van der Waals surface area contributed by atoms with Gasteiger partial charge in [0.2, 0.25) is 5.91 Å². The fourth-order valence-electron chi connectivity index (χ4n) is 2.51. The minimum absolute atomic E-state index is 0.0943. The molecule has 0 bridgehead atoms. The molecule has 3 heteroatoms.